The second-order valence-corrected chi connectivity index (χ2v) is 12.1. The third-order valence-electron chi connectivity index (χ3n) is 9.23. The summed E-state index contributed by atoms with van der Waals surface area (Å²) >= 11 is 0. The van der Waals surface area contributed by atoms with Gasteiger partial charge >= 0.3 is 0 Å². The Morgan fingerprint density at radius 2 is 1.55 bits per heavy atom. The molecule has 3 aromatic rings. The number of anilines is 3. The number of carbonyl (C=O) groups excluding carboxylic acids is 2. The Kier molecular flexibility index (Phi) is 8.45. The molecule has 0 aromatic heterocycles. The van der Waals surface area contributed by atoms with Gasteiger partial charge in [0.15, 0.2) is 0 Å². The average molecular weight is 569 g/mol. The van der Waals surface area contributed by atoms with Crippen LogP contribution in [0.5, 0.6) is 0 Å². The average Bonchev–Trinajstić information content (AvgIpc) is 3.72. The maximum atomic E-state index is 15.0. The Hall–Kier alpha value is -3.87. The van der Waals surface area contributed by atoms with Crippen LogP contribution in [0.1, 0.15) is 78.9 Å². The maximum Gasteiger partial charge on any atom is 0.257 e. The van der Waals surface area contributed by atoms with Crippen LogP contribution in [0.4, 0.5) is 21.5 Å². The number of aryl methyl sites for hydroxylation is 1. The van der Waals surface area contributed by atoms with Crippen molar-refractivity contribution in [3.8, 4) is 0 Å². The molecule has 42 heavy (non-hydrogen) atoms. The molecular formula is C35H41FN4O2. The topological polar surface area (TPSA) is 64.7 Å². The lowest BCUT2D eigenvalue weighted by Gasteiger charge is -2.41. The molecule has 2 saturated heterocycles. The van der Waals surface area contributed by atoms with Gasteiger partial charge in [-0.05, 0) is 93.0 Å². The van der Waals surface area contributed by atoms with Gasteiger partial charge in [0.25, 0.3) is 5.91 Å². The summed E-state index contributed by atoms with van der Waals surface area (Å²) in [4.78, 5) is 32.0. The lowest BCUT2D eigenvalue weighted by molar-refractivity contribution is -0.123. The fourth-order valence-corrected chi connectivity index (χ4v) is 7.03. The van der Waals surface area contributed by atoms with E-state index in [0.29, 0.717) is 31.0 Å². The van der Waals surface area contributed by atoms with Gasteiger partial charge in [0.2, 0.25) is 5.91 Å². The largest absolute Gasteiger partial charge is 0.382 e. The summed E-state index contributed by atoms with van der Waals surface area (Å²) in [6, 6.07) is 20.9. The van der Waals surface area contributed by atoms with Gasteiger partial charge in [0, 0.05) is 42.7 Å². The molecule has 1 saturated carbocycles. The summed E-state index contributed by atoms with van der Waals surface area (Å²) in [5.74, 6) is -1.48. The first-order valence-corrected chi connectivity index (χ1v) is 15.6. The maximum absolute atomic E-state index is 15.0. The highest BCUT2D eigenvalue weighted by Gasteiger charge is 2.40. The molecule has 0 spiro atoms. The van der Waals surface area contributed by atoms with E-state index in [4.69, 9.17) is 0 Å². The molecule has 6 nitrogen and oxygen atoms in total. The minimum absolute atomic E-state index is 0.0846. The second kappa shape index (κ2) is 12.6. The van der Waals surface area contributed by atoms with E-state index >= 15 is 4.39 Å². The number of amides is 2. The van der Waals surface area contributed by atoms with Gasteiger partial charge in [0.05, 0.1) is 17.5 Å². The Bertz CT molecular complexity index is 1390. The Labute approximate surface area is 248 Å². The van der Waals surface area contributed by atoms with Crippen LogP contribution in [-0.2, 0) is 4.79 Å². The predicted octanol–water partition coefficient (Wildman–Crippen LogP) is 7.32. The van der Waals surface area contributed by atoms with Crippen LogP contribution < -0.4 is 15.5 Å². The first kappa shape index (κ1) is 28.3. The highest BCUT2D eigenvalue weighted by molar-refractivity contribution is 5.98. The van der Waals surface area contributed by atoms with Crippen LogP contribution >= 0.6 is 0 Å². The molecule has 7 heteroatoms. The van der Waals surface area contributed by atoms with E-state index in [1.807, 2.05) is 42.5 Å². The second-order valence-electron chi connectivity index (χ2n) is 12.1. The zero-order valence-corrected chi connectivity index (χ0v) is 24.4. The molecule has 220 valence electrons. The van der Waals surface area contributed by atoms with Crippen molar-refractivity contribution in [2.45, 2.75) is 70.4 Å². The van der Waals surface area contributed by atoms with Gasteiger partial charge in [0.1, 0.15) is 5.82 Å². The normalized spacial score (nSPS) is 21.0. The number of likely N-dealkylation sites (tertiary alicyclic amines) is 1. The summed E-state index contributed by atoms with van der Waals surface area (Å²) in [5, 5.41) is 6.79. The number of halogens is 1. The highest BCUT2D eigenvalue weighted by Crippen LogP contribution is 2.39. The lowest BCUT2D eigenvalue weighted by atomic mass is 9.83. The summed E-state index contributed by atoms with van der Waals surface area (Å²) in [6.45, 7) is 4.28. The number of benzene rings is 3. The smallest absolute Gasteiger partial charge is 0.257 e. The van der Waals surface area contributed by atoms with Crippen molar-refractivity contribution >= 4 is 28.9 Å². The van der Waals surface area contributed by atoms with Gasteiger partial charge in [-0.25, -0.2) is 4.39 Å². The minimum atomic E-state index is -0.528. The fourth-order valence-electron chi connectivity index (χ4n) is 7.03. The van der Waals surface area contributed by atoms with E-state index < -0.39 is 17.8 Å². The minimum Gasteiger partial charge on any atom is -0.382 e. The summed E-state index contributed by atoms with van der Waals surface area (Å²) in [6.07, 6.45) is 8.53. The Morgan fingerprint density at radius 3 is 2.29 bits per heavy atom. The lowest BCUT2D eigenvalue weighted by Crippen LogP contribution is -2.46. The van der Waals surface area contributed by atoms with Crippen molar-refractivity contribution in [1.29, 1.82) is 0 Å². The molecule has 2 aliphatic heterocycles. The molecule has 2 amide bonds. The fraction of sp³-hybridized carbons (Fsp3) is 0.429. The third kappa shape index (κ3) is 6.01. The first-order chi connectivity index (χ1) is 20.5. The van der Waals surface area contributed by atoms with Crippen molar-refractivity contribution in [2.24, 2.45) is 5.92 Å². The quantitative estimate of drug-likeness (QED) is 0.313. The first-order valence-electron chi connectivity index (χ1n) is 15.6. The van der Waals surface area contributed by atoms with E-state index in [0.717, 1.165) is 35.7 Å². The van der Waals surface area contributed by atoms with Crippen LogP contribution in [0.3, 0.4) is 0 Å². The number of nitrogens with one attached hydrogen (secondary N) is 2. The molecule has 3 aromatic carbocycles. The molecule has 2 N–H and O–H groups in total. The molecular weight excluding hydrogens is 527 g/mol. The van der Waals surface area contributed by atoms with Gasteiger partial charge in [-0.3, -0.25) is 9.59 Å². The van der Waals surface area contributed by atoms with Crippen LogP contribution in [0.15, 0.2) is 66.7 Å². The van der Waals surface area contributed by atoms with E-state index in [1.54, 1.807) is 24.0 Å². The van der Waals surface area contributed by atoms with Gasteiger partial charge in [-0.1, -0.05) is 43.2 Å². The summed E-state index contributed by atoms with van der Waals surface area (Å²) in [7, 11) is 0. The molecule has 0 bridgehead atoms. The standard InChI is InChI=1S/C35H41FN4O2/c1-24-9-6-15-31(36)32(24)35(42)40-22-8-14-30(33(40)25-16-18-27(19-17-25)37-26-10-2-3-11-26)34(41)38-28-12-7-13-29(23-28)39-20-4-5-21-39/h6-7,9,12-13,15-19,23,26,30,33,37H,2-5,8,10-11,14,20-22H2,1H3,(H,38,41)/t30-,33?/m0/s1. The Balaban J connectivity index is 1.29. The number of hydrogen-bond acceptors (Lipinski definition) is 4. The van der Waals surface area contributed by atoms with Gasteiger partial charge in [-0.15, -0.1) is 0 Å². The van der Waals surface area contributed by atoms with Crippen LogP contribution in [0, 0.1) is 18.7 Å². The van der Waals surface area contributed by atoms with Crippen molar-refractivity contribution in [1.82, 2.24) is 4.90 Å². The number of carbonyl (C=O) groups is 2. The highest BCUT2D eigenvalue weighted by atomic mass is 19.1. The molecule has 6 rings (SSSR count). The molecule has 2 atom stereocenters. The van der Waals surface area contributed by atoms with Crippen LogP contribution in [0.25, 0.3) is 0 Å². The third-order valence-corrected chi connectivity index (χ3v) is 9.23. The zero-order valence-electron chi connectivity index (χ0n) is 24.4. The van der Waals surface area contributed by atoms with E-state index in [-0.39, 0.29) is 17.4 Å². The summed E-state index contributed by atoms with van der Waals surface area (Å²) < 4.78 is 15.0. The summed E-state index contributed by atoms with van der Waals surface area (Å²) in [5.41, 5.74) is 4.49. The molecule has 1 aliphatic carbocycles. The van der Waals surface area contributed by atoms with Crippen molar-refractivity contribution < 1.29 is 14.0 Å². The molecule has 2 heterocycles. The van der Waals surface area contributed by atoms with E-state index in [9.17, 15) is 9.59 Å². The monoisotopic (exact) mass is 568 g/mol. The SMILES string of the molecule is Cc1cccc(F)c1C(=O)N1CCC[C@H](C(=O)Nc2cccc(N3CCCC3)c2)C1c1ccc(NC2CCCC2)cc1. The number of rotatable bonds is 7. The molecule has 1 unspecified atom stereocenters. The molecule has 0 radical (unpaired) electrons. The number of hydrogen-bond donors (Lipinski definition) is 2. The number of nitrogens with zero attached hydrogens (tertiary/aromatic N) is 2. The van der Waals surface area contributed by atoms with Gasteiger partial charge in [-0.2, -0.15) is 0 Å². The number of piperidine rings is 1. The van der Waals surface area contributed by atoms with Crippen molar-refractivity contribution in [3.63, 3.8) is 0 Å². The van der Waals surface area contributed by atoms with Crippen LogP contribution in [0.2, 0.25) is 0 Å². The van der Waals surface area contributed by atoms with Crippen molar-refractivity contribution in [3.05, 3.63) is 89.2 Å². The zero-order chi connectivity index (χ0) is 29.1. The van der Waals surface area contributed by atoms with Gasteiger partial charge < -0.3 is 20.4 Å². The van der Waals surface area contributed by atoms with Crippen LogP contribution in [-0.4, -0.2) is 42.4 Å². The molecule has 3 fully saturated rings. The van der Waals surface area contributed by atoms with E-state index in [1.165, 1.54) is 44.6 Å². The predicted molar refractivity (Wildman–Crippen MR) is 166 cm³/mol. The Morgan fingerprint density at radius 1 is 0.810 bits per heavy atom. The van der Waals surface area contributed by atoms with Crippen molar-refractivity contribution in [2.75, 3.05) is 35.2 Å². The van der Waals surface area contributed by atoms with E-state index in [2.05, 4.69) is 21.6 Å². The molecule has 3 aliphatic rings.